The van der Waals surface area contributed by atoms with Crippen LogP contribution in [0.5, 0.6) is 0 Å². The van der Waals surface area contributed by atoms with Crippen molar-refractivity contribution < 1.29 is 0 Å². The maximum absolute atomic E-state index is 4.31. The molecule has 0 N–H and O–H groups in total. The summed E-state index contributed by atoms with van der Waals surface area (Å²) in [4.78, 5) is 11.0. The molecule has 1 saturated heterocycles. The first kappa shape index (κ1) is 32.8. The summed E-state index contributed by atoms with van der Waals surface area (Å²) in [6, 6.07) is 15.1. The van der Waals surface area contributed by atoms with Crippen LogP contribution in [0.15, 0.2) is 78.7 Å². The third-order valence-electron chi connectivity index (χ3n) is 6.23. The van der Waals surface area contributed by atoms with E-state index in [1.807, 2.05) is 26.2 Å². The van der Waals surface area contributed by atoms with Gasteiger partial charge in [-0.25, -0.2) is 0 Å². The van der Waals surface area contributed by atoms with Crippen LogP contribution in [0.3, 0.4) is 0 Å². The van der Waals surface area contributed by atoms with Crippen LogP contribution in [0.4, 0.5) is 5.69 Å². The molecule has 0 atom stereocenters. The van der Waals surface area contributed by atoms with Gasteiger partial charge in [0, 0.05) is 30.7 Å². The fourth-order valence-corrected chi connectivity index (χ4v) is 4.43. The first-order valence-electron chi connectivity index (χ1n) is 13.7. The lowest BCUT2D eigenvalue weighted by atomic mass is 9.96. The van der Waals surface area contributed by atoms with Crippen molar-refractivity contribution in [2.24, 2.45) is 0 Å². The average molecular weight is 514 g/mol. The number of aromatic nitrogens is 2. The lowest BCUT2D eigenvalue weighted by molar-refractivity contribution is 0.577. The summed E-state index contributed by atoms with van der Waals surface area (Å²) in [6.07, 6.45) is 12.2. The van der Waals surface area contributed by atoms with Crippen molar-refractivity contribution in [1.29, 1.82) is 0 Å². The summed E-state index contributed by atoms with van der Waals surface area (Å²) in [5.74, 6) is 0. The zero-order valence-corrected chi connectivity index (χ0v) is 24.3. The zero-order valence-electron chi connectivity index (χ0n) is 24.3. The van der Waals surface area contributed by atoms with Gasteiger partial charge in [0.05, 0.1) is 11.9 Å². The maximum atomic E-state index is 4.31. The van der Waals surface area contributed by atoms with Gasteiger partial charge in [0.25, 0.3) is 0 Å². The molecule has 3 nitrogen and oxygen atoms in total. The predicted molar refractivity (Wildman–Crippen MR) is 169 cm³/mol. The number of rotatable bonds is 5. The number of aryl methyl sites for hydroxylation is 3. The van der Waals surface area contributed by atoms with Gasteiger partial charge < -0.3 is 4.90 Å². The molecule has 0 radical (unpaired) electrons. The summed E-state index contributed by atoms with van der Waals surface area (Å²) in [5.41, 5.74) is 11.2. The Labute approximate surface area is 233 Å². The molecule has 0 amide bonds. The van der Waals surface area contributed by atoms with Crippen LogP contribution in [0.25, 0.3) is 11.1 Å². The molecule has 1 fully saturated rings. The fourth-order valence-electron chi connectivity index (χ4n) is 4.43. The van der Waals surface area contributed by atoms with Gasteiger partial charge in [-0.2, -0.15) is 0 Å². The fraction of sp³-hybridized carbons (Fsp3) is 0.429. The highest BCUT2D eigenvalue weighted by Crippen LogP contribution is 2.25. The highest BCUT2D eigenvalue weighted by atomic mass is 15.1. The average Bonchev–Trinajstić information content (AvgIpc) is 2.85. The van der Waals surface area contributed by atoms with E-state index in [2.05, 4.69) is 105 Å². The molecule has 1 aliphatic rings. The molecule has 0 saturated carbocycles. The smallest absolute Gasteiger partial charge is 0.0552 e. The number of pyridine rings is 2. The van der Waals surface area contributed by atoms with E-state index in [9.17, 15) is 0 Å². The van der Waals surface area contributed by atoms with Gasteiger partial charge in [0.15, 0.2) is 0 Å². The summed E-state index contributed by atoms with van der Waals surface area (Å²) >= 11 is 0. The molecule has 2 aromatic heterocycles. The molecule has 4 rings (SSSR count). The molecular weight excluding hydrogens is 462 g/mol. The molecule has 0 aliphatic carbocycles. The lowest BCUT2D eigenvalue weighted by Gasteiger charge is -2.28. The number of piperidine rings is 1. The van der Waals surface area contributed by atoms with Crippen molar-refractivity contribution in [3.63, 3.8) is 0 Å². The van der Waals surface area contributed by atoms with Crippen LogP contribution in [-0.4, -0.2) is 23.1 Å². The van der Waals surface area contributed by atoms with Gasteiger partial charge in [0.1, 0.15) is 0 Å². The highest BCUT2D eigenvalue weighted by molar-refractivity contribution is 5.67. The number of allylic oxidation sites excluding steroid dienone is 3. The first-order valence-corrected chi connectivity index (χ1v) is 13.7. The number of hydrogen-bond acceptors (Lipinski definition) is 3. The Morgan fingerprint density at radius 3 is 2.11 bits per heavy atom. The molecule has 3 heterocycles. The van der Waals surface area contributed by atoms with Crippen LogP contribution in [-0.2, 0) is 6.42 Å². The van der Waals surface area contributed by atoms with Crippen molar-refractivity contribution in [1.82, 2.24) is 9.97 Å². The Hall–Kier alpha value is -3.20. The lowest BCUT2D eigenvalue weighted by Crippen LogP contribution is -2.29. The minimum Gasteiger partial charge on any atom is -0.370 e. The molecule has 3 aromatic rings. The SMILES string of the molecule is C.C=C(C)Cc1ccc(-c2ccnc(C)c2)c(C)c1.CCC=C(C)C.Cc1ccc(N2CCCCC2)cn1. The molecule has 0 spiro atoms. The van der Waals surface area contributed by atoms with Crippen molar-refractivity contribution in [3.8, 4) is 11.1 Å². The van der Waals surface area contributed by atoms with Crippen molar-refractivity contribution in [3.05, 3.63) is 101 Å². The largest absolute Gasteiger partial charge is 0.370 e. The quantitative estimate of drug-likeness (QED) is 0.318. The molecule has 0 unspecified atom stereocenters. The Kier molecular flexibility index (Phi) is 15.0. The molecular formula is C35H51N3. The number of anilines is 1. The summed E-state index contributed by atoms with van der Waals surface area (Å²) < 4.78 is 0. The molecule has 3 heteroatoms. The second kappa shape index (κ2) is 17.3. The van der Waals surface area contributed by atoms with E-state index in [4.69, 9.17) is 0 Å². The van der Waals surface area contributed by atoms with Crippen LogP contribution in [0.2, 0.25) is 0 Å². The van der Waals surface area contributed by atoms with Crippen molar-refractivity contribution in [2.45, 2.75) is 88.0 Å². The second-order valence-electron chi connectivity index (χ2n) is 10.4. The van der Waals surface area contributed by atoms with Gasteiger partial charge in [-0.15, -0.1) is 0 Å². The Morgan fingerprint density at radius 1 is 0.895 bits per heavy atom. The van der Waals surface area contributed by atoms with Crippen LogP contribution >= 0.6 is 0 Å². The Bertz CT molecular complexity index is 1130. The first-order chi connectivity index (χ1) is 17.7. The van der Waals surface area contributed by atoms with E-state index >= 15 is 0 Å². The van der Waals surface area contributed by atoms with Crippen molar-refractivity contribution >= 4 is 5.69 Å². The second-order valence-corrected chi connectivity index (χ2v) is 10.4. The summed E-state index contributed by atoms with van der Waals surface area (Å²) in [6.45, 7) is 21.0. The van der Waals surface area contributed by atoms with E-state index in [1.165, 1.54) is 77.9 Å². The molecule has 38 heavy (non-hydrogen) atoms. The van der Waals surface area contributed by atoms with Gasteiger partial charge >= 0.3 is 0 Å². The predicted octanol–water partition coefficient (Wildman–Crippen LogP) is 9.86. The van der Waals surface area contributed by atoms with Crippen LogP contribution < -0.4 is 4.90 Å². The third kappa shape index (κ3) is 11.9. The van der Waals surface area contributed by atoms with Crippen molar-refractivity contribution in [2.75, 3.05) is 18.0 Å². The maximum Gasteiger partial charge on any atom is 0.0552 e. The van der Waals surface area contributed by atoms with Crippen LogP contribution in [0.1, 0.15) is 83.3 Å². The van der Waals surface area contributed by atoms with E-state index in [0.717, 1.165) is 17.8 Å². The van der Waals surface area contributed by atoms with E-state index < -0.39 is 0 Å². The number of nitrogens with zero attached hydrogens (tertiary/aromatic N) is 3. The van der Waals surface area contributed by atoms with E-state index in [-0.39, 0.29) is 7.43 Å². The van der Waals surface area contributed by atoms with Gasteiger partial charge in [-0.1, -0.05) is 56.4 Å². The van der Waals surface area contributed by atoms with Crippen LogP contribution in [0, 0.1) is 20.8 Å². The molecule has 206 valence electrons. The minimum absolute atomic E-state index is 0. The Morgan fingerprint density at radius 2 is 1.61 bits per heavy atom. The summed E-state index contributed by atoms with van der Waals surface area (Å²) in [5, 5.41) is 0. The van der Waals surface area contributed by atoms with Gasteiger partial charge in [-0.3, -0.25) is 9.97 Å². The monoisotopic (exact) mass is 513 g/mol. The molecule has 1 aromatic carbocycles. The molecule has 1 aliphatic heterocycles. The zero-order chi connectivity index (χ0) is 27.2. The molecule has 0 bridgehead atoms. The third-order valence-corrected chi connectivity index (χ3v) is 6.23. The summed E-state index contributed by atoms with van der Waals surface area (Å²) in [7, 11) is 0. The van der Waals surface area contributed by atoms with E-state index in [0.29, 0.717) is 0 Å². The van der Waals surface area contributed by atoms with E-state index in [1.54, 1.807) is 0 Å². The highest BCUT2D eigenvalue weighted by Gasteiger charge is 2.10. The number of hydrogen-bond donors (Lipinski definition) is 0. The van der Waals surface area contributed by atoms with Gasteiger partial charge in [0.2, 0.25) is 0 Å². The Balaban J connectivity index is 0.000000317. The minimum atomic E-state index is 0. The number of benzene rings is 1. The standard InChI is InChI=1S/C17H19N.C11H16N2.C6H12.CH4/c1-12(2)9-15-5-6-17(13(3)10-15)16-7-8-18-14(4)11-16;1-10-5-6-11(9-12-10)13-7-3-2-4-8-13;1-4-5-6(2)3;/h5-8,10-11H,1,9H2,2-4H3;5-6,9H,2-4,7-8H2,1H3;5H,4H2,1-3H3;1H4. The van der Waals surface area contributed by atoms with Gasteiger partial charge in [-0.05, 0) is 120 Å². The normalized spacial score (nSPS) is 12.1. The topological polar surface area (TPSA) is 29.0 Å².